The summed E-state index contributed by atoms with van der Waals surface area (Å²) in [5, 5.41) is 9.36. The van der Waals surface area contributed by atoms with Crippen LogP contribution in [0.25, 0.3) is 11.0 Å². The van der Waals surface area contributed by atoms with E-state index in [2.05, 4.69) is 25.5 Å². The van der Waals surface area contributed by atoms with E-state index in [9.17, 15) is 9.59 Å². The van der Waals surface area contributed by atoms with Crippen molar-refractivity contribution in [2.75, 3.05) is 11.1 Å². The van der Waals surface area contributed by atoms with Gasteiger partial charge in [-0.1, -0.05) is 6.92 Å². The minimum atomic E-state index is -0.402. The molecular weight excluding hydrogens is 272 g/mol. The molecule has 0 atom stereocenters. The average Bonchev–Trinajstić information content (AvgIpc) is 2.99. The minimum Gasteiger partial charge on any atom is -0.395 e. The molecule has 0 aliphatic heterocycles. The zero-order valence-corrected chi connectivity index (χ0v) is 11.3. The Balaban J connectivity index is 1.88. The predicted octanol–water partition coefficient (Wildman–Crippen LogP) is 0.976. The second kappa shape index (κ2) is 4.82. The van der Waals surface area contributed by atoms with Gasteiger partial charge in [0.25, 0.3) is 5.91 Å². The van der Waals surface area contributed by atoms with Crippen LogP contribution < -0.4 is 16.7 Å². The minimum absolute atomic E-state index is 0.162. The van der Waals surface area contributed by atoms with Crippen molar-refractivity contribution in [1.82, 2.24) is 20.2 Å². The number of nitrogen functional groups attached to an aromatic ring is 1. The first-order valence-corrected chi connectivity index (χ1v) is 6.44. The molecule has 0 spiro atoms. The first kappa shape index (κ1) is 13.0. The number of carbonyl (C=O) groups excluding carboxylic acids is 1. The second-order valence-corrected chi connectivity index (χ2v) is 4.61. The molecule has 108 valence electrons. The number of nitrogens with one attached hydrogen (secondary N) is 4. The van der Waals surface area contributed by atoms with E-state index in [-0.39, 0.29) is 11.4 Å². The monoisotopic (exact) mass is 286 g/mol. The van der Waals surface area contributed by atoms with Gasteiger partial charge in [0.15, 0.2) is 5.69 Å². The maximum atomic E-state index is 12.2. The molecule has 0 unspecified atom stereocenters. The quantitative estimate of drug-likeness (QED) is 0.490. The fourth-order valence-corrected chi connectivity index (χ4v) is 2.13. The molecule has 0 saturated heterocycles. The van der Waals surface area contributed by atoms with Gasteiger partial charge < -0.3 is 21.0 Å². The summed E-state index contributed by atoms with van der Waals surface area (Å²) in [5.74, 6) is -0.402. The molecule has 21 heavy (non-hydrogen) atoms. The van der Waals surface area contributed by atoms with E-state index >= 15 is 0 Å². The zero-order valence-electron chi connectivity index (χ0n) is 11.3. The van der Waals surface area contributed by atoms with Crippen LogP contribution in [0.3, 0.4) is 0 Å². The lowest BCUT2D eigenvalue weighted by Crippen LogP contribution is -2.14. The Morgan fingerprint density at radius 2 is 2.10 bits per heavy atom. The van der Waals surface area contributed by atoms with Crippen molar-refractivity contribution in [3.63, 3.8) is 0 Å². The van der Waals surface area contributed by atoms with Crippen molar-refractivity contribution in [3.8, 4) is 0 Å². The highest BCUT2D eigenvalue weighted by atomic mass is 16.2. The number of anilines is 2. The van der Waals surface area contributed by atoms with Gasteiger partial charge >= 0.3 is 5.69 Å². The fourth-order valence-electron chi connectivity index (χ4n) is 2.13. The van der Waals surface area contributed by atoms with Crippen LogP contribution in [0.1, 0.15) is 23.1 Å². The van der Waals surface area contributed by atoms with E-state index in [1.807, 2.05) is 6.92 Å². The van der Waals surface area contributed by atoms with Gasteiger partial charge in [0, 0.05) is 5.69 Å². The maximum Gasteiger partial charge on any atom is 0.323 e. The molecule has 0 fully saturated rings. The number of amides is 1. The van der Waals surface area contributed by atoms with Gasteiger partial charge in [-0.25, -0.2) is 4.79 Å². The summed E-state index contributed by atoms with van der Waals surface area (Å²) in [6, 6.07) is 5.05. The molecule has 8 nitrogen and oxygen atoms in total. The number of nitrogens with two attached hydrogens (primary N) is 1. The van der Waals surface area contributed by atoms with Crippen LogP contribution in [-0.4, -0.2) is 26.1 Å². The van der Waals surface area contributed by atoms with Crippen molar-refractivity contribution in [1.29, 1.82) is 0 Å². The highest BCUT2D eigenvalue weighted by molar-refractivity contribution is 6.07. The summed E-state index contributed by atoms with van der Waals surface area (Å²) in [6.07, 6.45) is 0.669. The number of carbonyl (C=O) groups is 1. The van der Waals surface area contributed by atoms with E-state index in [1.165, 1.54) is 0 Å². The van der Waals surface area contributed by atoms with E-state index < -0.39 is 5.91 Å². The van der Waals surface area contributed by atoms with E-state index in [1.54, 1.807) is 18.2 Å². The Bertz CT molecular complexity index is 872. The molecule has 8 heteroatoms. The van der Waals surface area contributed by atoms with Crippen LogP contribution in [0.2, 0.25) is 0 Å². The van der Waals surface area contributed by atoms with Crippen molar-refractivity contribution < 1.29 is 4.79 Å². The van der Waals surface area contributed by atoms with Crippen molar-refractivity contribution >= 4 is 28.3 Å². The Kier molecular flexibility index (Phi) is 2.98. The molecule has 1 amide bonds. The molecule has 0 aliphatic carbocycles. The standard InChI is InChI=1S/C13H14N6O2/c1-2-7-10(14)11(19-18-7)12(20)15-6-3-4-8-9(5-6)17-13(21)16-8/h3-5H,2,14H2,1H3,(H,15,20)(H,18,19)(H2,16,17,21). The third kappa shape index (κ3) is 2.27. The van der Waals surface area contributed by atoms with Crippen LogP contribution in [0.15, 0.2) is 23.0 Å². The molecule has 1 aromatic carbocycles. The lowest BCUT2D eigenvalue weighted by Gasteiger charge is -2.04. The summed E-state index contributed by atoms with van der Waals surface area (Å²) < 4.78 is 0. The number of hydrogen-bond acceptors (Lipinski definition) is 4. The number of rotatable bonds is 3. The number of aromatic amines is 3. The van der Waals surface area contributed by atoms with Crippen molar-refractivity contribution in [2.45, 2.75) is 13.3 Å². The molecule has 0 aliphatic rings. The summed E-state index contributed by atoms with van der Waals surface area (Å²) >= 11 is 0. The smallest absolute Gasteiger partial charge is 0.323 e. The third-order valence-electron chi connectivity index (χ3n) is 3.23. The van der Waals surface area contributed by atoms with E-state index in [4.69, 9.17) is 5.73 Å². The molecule has 6 N–H and O–H groups in total. The Hall–Kier alpha value is -3.03. The average molecular weight is 286 g/mol. The predicted molar refractivity (Wildman–Crippen MR) is 79.3 cm³/mol. The molecule has 0 saturated carbocycles. The number of H-pyrrole nitrogens is 3. The number of hydrogen-bond donors (Lipinski definition) is 5. The second-order valence-electron chi connectivity index (χ2n) is 4.61. The summed E-state index contributed by atoms with van der Waals surface area (Å²) in [4.78, 5) is 28.6. The molecule has 0 bridgehead atoms. The number of fused-ring (bicyclic) bond motifs is 1. The summed E-state index contributed by atoms with van der Waals surface area (Å²) in [6.45, 7) is 1.92. The zero-order chi connectivity index (χ0) is 15.0. The number of aromatic nitrogens is 4. The Labute approximate surface area is 118 Å². The third-order valence-corrected chi connectivity index (χ3v) is 3.23. The van der Waals surface area contributed by atoms with Crippen LogP contribution >= 0.6 is 0 Å². The normalized spacial score (nSPS) is 10.9. The summed E-state index contributed by atoms with van der Waals surface area (Å²) in [5.41, 5.74) is 8.63. The topological polar surface area (TPSA) is 132 Å². The lowest BCUT2D eigenvalue weighted by atomic mass is 10.2. The van der Waals surface area contributed by atoms with Crippen molar-refractivity contribution in [2.24, 2.45) is 0 Å². The summed E-state index contributed by atoms with van der Waals surface area (Å²) in [7, 11) is 0. The number of imidazole rings is 1. The Morgan fingerprint density at radius 1 is 1.33 bits per heavy atom. The van der Waals surface area contributed by atoms with Gasteiger partial charge in [0.05, 0.1) is 22.4 Å². The Morgan fingerprint density at radius 3 is 2.81 bits per heavy atom. The molecular formula is C13H14N6O2. The molecule has 0 radical (unpaired) electrons. The van der Waals surface area contributed by atoms with Crippen molar-refractivity contribution in [3.05, 3.63) is 40.1 Å². The van der Waals surface area contributed by atoms with Gasteiger partial charge in [0.1, 0.15) is 0 Å². The highest BCUT2D eigenvalue weighted by Gasteiger charge is 2.16. The van der Waals surface area contributed by atoms with Gasteiger partial charge in [0.2, 0.25) is 0 Å². The van der Waals surface area contributed by atoms with Gasteiger partial charge in [-0.15, -0.1) is 0 Å². The van der Waals surface area contributed by atoms with E-state index in [0.29, 0.717) is 28.8 Å². The highest BCUT2D eigenvalue weighted by Crippen LogP contribution is 2.18. The number of nitrogens with zero attached hydrogens (tertiary/aromatic N) is 1. The van der Waals surface area contributed by atoms with Crippen LogP contribution in [0.4, 0.5) is 11.4 Å². The maximum absolute atomic E-state index is 12.2. The largest absolute Gasteiger partial charge is 0.395 e. The number of benzene rings is 1. The van der Waals surface area contributed by atoms with Gasteiger partial charge in [-0.05, 0) is 24.6 Å². The van der Waals surface area contributed by atoms with Crippen LogP contribution in [0.5, 0.6) is 0 Å². The first-order valence-electron chi connectivity index (χ1n) is 6.44. The molecule has 3 aromatic rings. The molecule has 3 rings (SSSR count). The lowest BCUT2D eigenvalue weighted by molar-refractivity contribution is 0.102. The SMILES string of the molecule is CCc1[nH]nc(C(=O)Nc2ccc3[nH]c(=O)[nH]c3c2)c1N. The van der Waals surface area contributed by atoms with Crippen LogP contribution in [-0.2, 0) is 6.42 Å². The van der Waals surface area contributed by atoms with E-state index in [0.717, 1.165) is 5.69 Å². The van der Waals surface area contributed by atoms with Crippen LogP contribution in [0, 0.1) is 0 Å². The molecule has 2 aromatic heterocycles. The number of aryl methyl sites for hydroxylation is 1. The molecule has 2 heterocycles. The van der Waals surface area contributed by atoms with Gasteiger partial charge in [-0.3, -0.25) is 9.89 Å². The fraction of sp³-hybridized carbons (Fsp3) is 0.154. The first-order chi connectivity index (χ1) is 10.1. The van der Waals surface area contributed by atoms with Gasteiger partial charge in [-0.2, -0.15) is 5.10 Å².